The van der Waals surface area contributed by atoms with E-state index in [-0.39, 0.29) is 12.1 Å². The van der Waals surface area contributed by atoms with Crippen molar-refractivity contribution in [2.45, 2.75) is 32.5 Å². The minimum Gasteiger partial charge on any atom is -0.496 e. The molecule has 0 radical (unpaired) electrons. The first-order valence-electron chi connectivity index (χ1n) is 7.87. The Balaban J connectivity index is 1.64. The molecule has 0 saturated carbocycles. The van der Waals surface area contributed by atoms with E-state index in [9.17, 15) is 0 Å². The first kappa shape index (κ1) is 16.2. The van der Waals surface area contributed by atoms with E-state index in [0.717, 1.165) is 11.3 Å². The van der Waals surface area contributed by atoms with Crippen LogP contribution in [0.2, 0.25) is 0 Å². The van der Waals surface area contributed by atoms with Gasteiger partial charge in [0, 0.05) is 18.4 Å². The lowest BCUT2D eigenvalue weighted by atomic mass is 10.2. The standard InChI is InChI=1S/C17H21N5O2/c1-12(13(2)22-10-6-9-19-22)18-11-16-20-17(21-24-16)14-7-4-5-8-15(14)23-3/h4-10,12-13,18H,11H2,1-3H3/t12-,13+/m0/s1. The van der Waals surface area contributed by atoms with Crippen molar-refractivity contribution in [3.05, 3.63) is 48.6 Å². The molecule has 2 atom stereocenters. The van der Waals surface area contributed by atoms with E-state index in [0.29, 0.717) is 18.3 Å². The maximum atomic E-state index is 5.34. The number of nitrogens with one attached hydrogen (secondary N) is 1. The van der Waals surface area contributed by atoms with Crippen LogP contribution in [0.25, 0.3) is 11.4 Å². The van der Waals surface area contributed by atoms with Crippen molar-refractivity contribution in [3.8, 4) is 17.1 Å². The topological polar surface area (TPSA) is 78.0 Å². The zero-order valence-electron chi connectivity index (χ0n) is 14.0. The molecule has 126 valence electrons. The molecule has 1 aromatic carbocycles. The second-order valence-corrected chi connectivity index (χ2v) is 5.61. The molecular formula is C17H21N5O2. The first-order valence-corrected chi connectivity index (χ1v) is 7.87. The number of aromatic nitrogens is 4. The van der Waals surface area contributed by atoms with Gasteiger partial charge in [0.25, 0.3) is 0 Å². The number of ether oxygens (including phenoxy) is 1. The molecule has 0 saturated heterocycles. The summed E-state index contributed by atoms with van der Waals surface area (Å²) >= 11 is 0. The molecular weight excluding hydrogens is 306 g/mol. The third-order valence-corrected chi connectivity index (χ3v) is 4.06. The van der Waals surface area contributed by atoms with Gasteiger partial charge in [-0.3, -0.25) is 4.68 Å². The highest BCUT2D eigenvalue weighted by atomic mass is 16.5. The summed E-state index contributed by atoms with van der Waals surface area (Å²) in [6.07, 6.45) is 3.73. The summed E-state index contributed by atoms with van der Waals surface area (Å²) in [5.41, 5.74) is 0.813. The van der Waals surface area contributed by atoms with Crippen molar-refractivity contribution >= 4 is 0 Å². The SMILES string of the molecule is COc1ccccc1-c1noc(CN[C@@H](C)[C@@H](C)n2cccn2)n1. The molecule has 2 aromatic heterocycles. The Morgan fingerprint density at radius 3 is 2.83 bits per heavy atom. The molecule has 3 aromatic rings. The molecule has 0 bridgehead atoms. The Kier molecular flexibility index (Phi) is 4.90. The number of nitrogens with zero attached hydrogens (tertiary/aromatic N) is 4. The molecule has 0 aliphatic heterocycles. The van der Waals surface area contributed by atoms with Gasteiger partial charge in [0.05, 0.1) is 25.3 Å². The Bertz CT molecular complexity index is 769. The molecule has 0 unspecified atom stereocenters. The van der Waals surface area contributed by atoms with E-state index < -0.39 is 0 Å². The summed E-state index contributed by atoms with van der Waals surface area (Å²) in [7, 11) is 1.62. The van der Waals surface area contributed by atoms with E-state index in [2.05, 4.69) is 34.4 Å². The molecule has 0 amide bonds. The van der Waals surface area contributed by atoms with Crippen LogP contribution in [0.3, 0.4) is 0 Å². The lowest BCUT2D eigenvalue weighted by Crippen LogP contribution is -2.33. The summed E-state index contributed by atoms with van der Waals surface area (Å²) in [5, 5.41) is 11.7. The Labute approximate surface area is 140 Å². The summed E-state index contributed by atoms with van der Waals surface area (Å²) in [6, 6.07) is 9.94. The van der Waals surface area contributed by atoms with E-state index >= 15 is 0 Å². The van der Waals surface area contributed by atoms with Crippen LogP contribution in [0.5, 0.6) is 5.75 Å². The highest BCUT2D eigenvalue weighted by Gasteiger charge is 2.16. The van der Waals surface area contributed by atoms with E-state index in [1.54, 1.807) is 13.3 Å². The number of rotatable bonds is 7. The molecule has 7 heteroatoms. The van der Waals surface area contributed by atoms with E-state index in [1.807, 2.05) is 41.2 Å². The normalized spacial score (nSPS) is 13.6. The maximum absolute atomic E-state index is 5.34. The summed E-state index contributed by atoms with van der Waals surface area (Å²) in [6.45, 7) is 4.71. The predicted molar refractivity (Wildman–Crippen MR) is 89.5 cm³/mol. The fourth-order valence-electron chi connectivity index (χ4n) is 2.43. The monoisotopic (exact) mass is 327 g/mol. The van der Waals surface area contributed by atoms with E-state index in [1.165, 1.54) is 0 Å². The average Bonchev–Trinajstić information content (AvgIpc) is 3.30. The van der Waals surface area contributed by atoms with Gasteiger partial charge in [0.2, 0.25) is 11.7 Å². The maximum Gasteiger partial charge on any atom is 0.240 e. The van der Waals surface area contributed by atoms with Crippen LogP contribution in [0.15, 0.2) is 47.2 Å². The third-order valence-electron chi connectivity index (χ3n) is 4.06. The number of benzene rings is 1. The fourth-order valence-corrected chi connectivity index (χ4v) is 2.43. The van der Waals surface area contributed by atoms with Gasteiger partial charge in [-0.2, -0.15) is 10.1 Å². The van der Waals surface area contributed by atoms with Crippen LogP contribution >= 0.6 is 0 Å². The molecule has 2 heterocycles. The second kappa shape index (κ2) is 7.27. The van der Waals surface area contributed by atoms with Gasteiger partial charge < -0.3 is 14.6 Å². The van der Waals surface area contributed by atoms with Gasteiger partial charge in [-0.1, -0.05) is 17.3 Å². The molecule has 0 aliphatic rings. The van der Waals surface area contributed by atoms with Crippen molar-refractivity contribution < 1.29 is 9.26 Å². The van der Waals surface area contributed by atoms with Crippen LogP contribution in [-0.4, -0.2) is 33.1 Å². The number of hydrogen-bond donors (Lipinski definition) is 1. The first-order chi connectivity index (χ1) is 11.7. The zero-order valence-corrected chi connectivity index (χ0v) is 14.0. The Morgan fingerprint density at radius 2 is 2.08 bits per heavy atom. The molecule has 1 N–H and O–H groups in total. The van der Waals surface area contributed by atoms with Crippen molar-refractivity contribution in [2.24, 2.45) is 0 Å². The van der Waals surface area contributed by atoms with Gasteiger partial charge in [0.15, 0.2) is 0 Å². The van der Waals surface area contributed by atoms with Gasteiger partial charge in [0.1, 0.15) is 5.75 Å². The van der Waals surface area contributed by atoms with Crippen molar-refractivity contribution in [2.75, 3.05) is 7.11 Å². The third kappa shape index (κ3) is 3.46. The minimum absolute atomic E-state index is 0.200. The second-order valence-electron chi connectivity index (χ2n) is 5.61. The van der Waals surface area contributed by atoms with Gasteiger partial charge in [-0.25, -0.2) is 0 Å². The zero-order chi connectivity index (χ0) is 16.9. The lowest BCUT2D eigenvalue weighted by molar-refractivity contribution is 0.325. The van der Waals surface area contributed by atoms with Crippen molar-refractivity contribution in [1.29, 1.82) is 0 Å². The molecule has 24 heavy (non-hydrogen) atoms. The molecule has 3 rings (SSSR count). The smallest absolute Gasteiger partial charge is 0.240 e. The summed E-state index contributed by atoms with van der Waals surface area (Å²) in [4.78, 5) is 4.44. The largest absolute Gasteiger partial charge is 0.496 e. The van der Waals surface area contributed by atoms with Gasteiger partial charge in [-0.05, 0) is 32.0 Å². The number of methoxy groups -OCH3 is 1. The van der Waals surface area contributed by atoms with Crippen molar-refractivity contribution in [3.63, 3.8) is 0 Å². The number of hydrogen-bond acceptors (Lipinski definition) is 6. The summed E-state index contributed by atoms with van der Waals surface area (Å²) < 4.78 is 12.6. The predicted octanol–water partition coefficient (Wildman–Crippen LogP) is 2.68. The average molecular weight is 327 g/mol. The van der Waals surface area contributed by atoms with Crippen molar-refractivity contribution in [1.82, 2.24) is 25.2 Å². The van der Waals surface area contributed by atoms with Crippen LogP contribution in [-0.2, 0) is 6.54 Å². The van der Waals surface area contributed by atoms with Gasteiger partial charge in [-0.15, -0.1) is 0 Å². The molecule has 0 aliphatic carbocycles. The van der Waals surface area contributed by atoms with E-state index in [4.69, 9.17) is 9.26 Å². The minimum atomic E-state index is 0.200. The number of para-hydroxylation sites is 1. The molecule has 0 fully saturated rings. The Morgan fingerprint density at radius 1 is 1.25 bits per heavy atom. The molecule has 7 nitrogen and oxygen atoms in total. The van der Waals surface area contributed by atoms with Crippen LogP contribution in [0.4, 0.5) is 0 Å². The lowest BCUT2D eigenvalue weighted by Gasteiger charge is -2.20. The molecule has 0 spiro atoms. The van der Waals surface area contributed by atoms with Crippen LogP contribution < -0.4 is 10.1 Å². The van der Waals surface area contributed by atoms with Crippen LogP contribution in [0, 0.1) is 0 Å². The quantitative estimate of drug-likeness (QED) is 0.719. The highest BCUT2D eigenvalue weighted by Crippen LogP contribution is 2.27. The fraction of sp³-hybridized carbons (Fsp3) is 0.353. The highest BCUT2D eigenvalue weighted by molar-refractivity contribution is 5.63. The summed E-state index contributed by atoms with van der Waals surface area (Å²) in [5.74, 6) is 1.78. The van der Waals surface area contributed by atoms with Crippen LogP contribution in [0.1, 0.15) is 25.8 Å². The Hall–Kier alpha value is -2.67. The van der Waals surface area contributed by atoms with Gasteiger partial charge >= 0.3 is 0 Å².